The maximum atomic E-state index is 12.7. The van der Waals surface area contributed by atoms with E-state index in [9.17, 15) is 48.7 Å². The average Bonchev–Trinajstić information content (AvgIpc) is 2.33. The summed E-state index contributed by atoms with van der Waals surface area (Å²) in [6.45, 7) is -3.81. The van der Waals surface area contributed by atoms with E-state index >= 15 is 0 Å². The Bertz CT molecular complexity index is 405. The molecule has 0 aliphatic rings. The highest BCUT2D eigenvalue weighted by molar-refractivity contribution is 9.10. The van der Waals surface area contributed by atoms with Crippen molar-refractivity contribution in [2.75, 3.05) is 13.2 Å². The molecule has 0 amide bonds. The first kappa shape index (κ1) is 22.1. The summed E-state index contributed by atoms with van der Waals surface area (Å²) in [6, 6.07) is 0. The van der Waals surface area contributed by atoms with E-state index in [1.807, 2.05) is 0 Å². The Labute approximate surface area is 130 Å². The standard InChI is InChI=1S/C9H7BrF10O3/c10-9(19,20)7(14,15)1-2-22-5(21)23-3-6(12,13)4(11)8(16,17)18/h4H,1-3H2. The molecule has 3 nitrogen and oxygen atoms in total. The third-order valence-electron chi connectivity index (χ3n) is 2.09. The van der Waals surface area contributed by atoms with Crippen molar-refractivity contribution in [2.45, 2.75) is 35.4 Å². The van der Waals surface area contributed by atoms with Gasteiger partial charge in [-0.3, -0.25) is 0 Å². The fraction of sp³-hybridized carbons (Fsp3) is 0.889. The minimum absolute atomic E-state index is 1.36. The Morgan fingerprint density at radius 2 is 1.43 bits per heavy atom. The minimum atomic E-state index is -5.93. The minimum Gasteiger partial charge on any atom is -0.434 e. The van der Waals surface area contributed by atoms with E-state index in [2.05, 4.69) is 9.47 Å². The second-order valence-electron chi connectivity index (χ2n) is 4.00. The molecule has 0 bridgehead atoms. The second kappa shape index (κ2) is 7.30. The zero-order valence-corrected chi connectivity index (χ0v) is 12.2. The van der Waals surface area contributed by atoms with Crippen LogP contribution in [0.4, 0.5) is 48.7 Å². The van der Waals surface area contributed by atoms with Crippen LogP contribution >= 0.6 is 15.9 Å². The molecule has 0 aromatic rings. The van der Waals surface area contributed by atoms with Crippen LogP contribution in [0.25, 0.3) is 0 Å². The van der Waals surface area contributed by atoms with Crippen LogP contribution in [-0.4, -0.2) is 48.4 Å². The van der Waals surface area contributed by atoms with E-state index in [4.69, 9.17) is 0 Å². The van der Waals surface area contributed by atoms with Crippen molar-refractivity contribution in [3.05, 3.63) is 0 Å². The molecule has 0 saturated carbocycles. The van der Waals surface area contributed by atoms with Gasteiger partial charge in [0.05, 0.1) is 6.42 Å². The fourth-order valence-electron chi connectivity index (χ4n) is 0.914. The first-order chi connectivity index (χ1) is 10.0. The van der Waals surface area contributed by atoms with Crippen LogP contribution in [-0.2, 0) is 9.47 Å². The Balaban J connectivity index is 4.33. The van der Waals surface area contributed by atoms with Crippen molar-refractivity contribution in [1.29, 1.82) is 0 Å². The summed E-state index contributed by atoms with van der Waals surface area (Å²) in [5, 5.41) is 0. The summed E-state index contributed by atoms with van der Waals surface area (Å²) in [5.41, 5.74) is 0. The van der Waals surface area contributed by atoms with E-state index in [1.54, 1.807) is 0 Å². The number of carbonyl (C=O) groups excluding carboxylic acids is 1. The third-order valence-corrected chi connectivity index (χ3v) is 2.67. The van der Waals surface area contributed by atoms with Gasteiger partial charge in [0.2, 0.25) is 0 Å². The maximum Gasteiger partial charge on any atom is 0.508 e. The number of carbonyl (C=O) groups is 1. The number of hydrogen-bond donors (Lipinski definition) is 0. The normalized spacial score (nSPS) is 15.3. The number of alkyl halides is 11. The van der Waals surface area contributed by atoms with E-state index in [1.165, 1.54) is 15.9 Å². The van der Waals surface area contributed by atoms with Gasteiger partial charge in [-0.15, -0.1) is 0 Å². The number of rotatable bonds is 7. The summed E-state index contributed by atoms with van der Waals surface area (Å²) in [4.78, 5) is 6.03. The van der Waals surface area contributed by atoms with Gasteiger partial charge in [-0.2, -0.15) is 39.5 Å². The van der Waals surface area contributed by atoms with Crippen LogP contribution in [0, 0.1) is 0 Å². The van der Waals surface area contributed by atoms with Crippen molar-refractivity contribution in [2.24, 2.45) is 0 Å². The lowest BCUT2D eigenvalue weighted by Crippen LogP contribution is -2.45. The molecule has 0 spiro atoms. The highest BCUT2D eigenvalue weighted by atomic mass is 79.9. The van der Waals surface area contributed by atoms with Crippen LogP contribution in [0.5, 0.6) is 0 Å². The van der Waals surface area contributed by atoms with E-state index < -0.39 is 54.8 Å². The van der Waals surface area contributed by atoms with Gasteiger partial charge in [0.25, 0.3) is 6.17 Å². The molecule has 23 heavy (non-hydrogen) atoms. The maximum absolute atomic E-state index is 12.7. The van der Waals surface area contributed by atoms with Gasteiger partial charge in [0, 0.05) is 0 Å². The smallest absolute Gasteiger partial charge is 0.434 e. The van der Waals surface area contributed by atoms with E-state index in [0.29, 0.717) is 0 Å². The lowest BCUT2D eigenvalue weighted by Gasteiger charge is -2.22. The van der Waals surface area contributed by atoms with Gasteiger partial charge < -0.3 is 9.47 Å². The molecule has 0 rings (SSSR count). The zero-order chi connectivity index (χ0) is 18.7. The molecule has 0 fully saturated rings. The van der Waals surface area contributed by atoms with Gasteiger partial charge in [-0.25, -0.2) is 9.18 Å². The summed E-state index contributed by atoms with van der Waals surface area (Å²) in [7, 11) is 0. The van der Waals surface area contributed by atoms with Gasteiger partial charge in [-0.1, -0.05) is 0 Å². The summed E-state index contributed by atoms with van der Waals surface area (Å²) < 4.78 is 130. The highest BCUT2D eigenvalue weighted by Gasteiger charge is 2.57. The molecule has 0 aliphatic carbocycles. The van der Waals surface area contributed by atoms with Crippen molar-refractivity contribution >= 4 is 22.1 Å². The predicted octanol–water partition coefficient (Wildman–Crippen LogP) is 4.69. The predicted molar refractivity (Wildman–Crippen MR) is 56.6 cm³/mol. The Hall–Kier alpha value is -0.950. The molecule has 138 valence electrons. The molecule has 0 heterocycles. The van der Waals surface area contributed by atoms with Crippen LogP contribution < -0.4 is 0 Å². The van der Waals surface area contributed by atoms with Crippen LogP contribution in [0.2, 0.25) is 0 Å². The summed E-state index contributed by atoms with van der Waals surface area (Å²) >= 11 is 1.36. The first-order valence-corrected chi connectivity index (χ1v) is 6.13. The lowest BCUT2D eigenvalue weighted by molar-refractivity contribution is -0.252. The first-order valence-electron chi connectivity index (χ1n) is 5.33. The molecular formula is C9H7BrF10O3. The van der Waals surface area contributed by atoms with Crippen LogP contribution in [0.15, 0.2) is 0 Å². The Morgan fingerprint density at radius 3 is 1.83 bits per heavy atom. The number of hydrogen-bond acceptors (Lipinski definition) is 3. The van der Waals surface area contributed by atoms with Gasteiger partial charge >= 0.3 is 29.0 Å². The Morgan fingerprint density at radius 1 is 0.957 bits per heavy atom. The summed E-state index contributed by atoms with van der Waals surface area (Å²) in [6.07, 6.45) is -14.5. The zero-order valence-electron chi connectivity index (χ0n) is 10.6. The van der Waals surface area contributed by atoms with Crippen molar-refractivity contribution < 1.29 is 58.2 Å². The summed E-state index contributed by atoms with van der Waals surface area (Å²) in [5.74, 6) is -9.82. The average molecular weight is 433 g/mol. The topological polar surface area (TPSA) is 35.5 Å². The van der Waals surface area contributed by atoms with Gasteiger partial charge in [0.15, 0.2) is 6.61 Å². The highest BCUT2D eigenvalue weighted by Crippen LogP contribution is 2.41. The van der Waals surface area contributed by atoms with Crippen molar-refractivity contribution in [3.8, 4) is 0 Å². The van der Waals surface area contributed by atoms with Gasteiger partial charge in [-0.05, 0) is 15.9 Å². The molecule has 1 atom stereocenters. The molecule has 0 saturated heterocycles. The monoisotopic (exact) mass is 432 g/mol. The second-order valence-corrected chi connectivity index (χ2v) is 5.00. The molecule has 0 radical (unpaired) electrons. The van der Waals surface area contributed by atoms with Crippen molar-refractivity contribution in [1.82, 2.24) is 0 Å². The van der Waals surface area contributed by atoms with Crippen molar-refractivity contribution in [3.63, 3.8) is 0 Å². The molecule has 0 aromatic heterocycles. The SMILES string of the molecule is O=C(OCCC(F)(F)C(F)(F)Br)OCC(F)(F)C(F)C(F)(F)F. The molecule has 0 aromatic carbocycles. The largest absolute Gasteiger partial charge is 0.508 e. The third kappa shape index (κ3) is 6.99. The van der Waals surface area contributed by atoms with E-state index in [0.717, 1.165) is 0 Å². The lowest BCUT2D eigenvalue weighted by atomic mass is 10.2. The molecular weight excluding hydrogens is 426 g/mol. The van der Waals surface area contributed by atoms with Gasteiger partial charge in [0.1, 0.15) is 6.61 Å². The molecule has 0 N–H and O–H groups in total. The molecule has 0 aliphatic heterocycles. The van der Waals surface area contributed by atoms with E-state index in [-0.39, 0.29) is 0 Å². The fourth-order valence-corrected chi connectivity index (χ4v) is 1.11. The number of halogens is 11. The van der Waals surface area contributed by atoms with Crippen LogP contribution in [0.3, 0.4) is 0 Å². The number of ether oxygens (including phenoxy) is 2. The molecule has 1 unspecified atom stereocenters. The van der Waals surface area contributed by atoms with Crippen LogP contribution in [0.1, 0.15) is 6.42 Å². The Kier molecular flexibility index (Phi) is 7.00. The quantitative estimate of drug-likeness (QED) is 0.332. The molecule has 14 heteroatoms.